The summed E-state index contributed by atoms with van der Waals surface area (Å²) in [6.07, 6.45) is 1.36. The van der Waals surface area contributed by atoms with Gasteiger partial charge in [-0.05, 0) is 36.9 Å². The molecule has 0 aliphatic heterocycles. The van der Waals surface area contributed by atoms with Crippen molar-refractivity contribution in [3.05, 3.63) is 29.1 Å². The molecule has 1 rings (SSSR count). The van der Waals surface area contributed by atoms with Crippen molar-refractivity contribution in [3.8, 4) is 5.75 Å². The lowest BCUT2D eigenvalue weighted by atomic mass is 10.0. The van der Waals surface area contributed by atoms with Gasteiger partial charge in [-0.25, -0.2) is 0 Å². The zero-order valence-electron chi connectivity index (χ0n) is 18.1. The molecule has 10 heteroatoms. The molecule has 0 bridgehead atoms. The van der Waals surface area contributed by atoms with E-state index in [-0.39, 0.29) is 23.4 Å². The van der Waals surface area contributed by atoms with Crippen molar-refractivity contribution in [2.45, 2.75) is 38.6 Å². The maximum absolute atomic E-state index is 12.4. The van der Waals surface area contributed by atoms with Gasteiger partial charge in [0.2, 0.25) is 11.6 Å². The number of hydrogen-bond donors (Lipinski definition) is 3. The number of benzene rings is 1. The second-order valence-corrected chi connectivity index (χ2v) is 8.24. The molecule has 0 aromatic heterocycles. The number of hydrogen-bond acceptors (Lipinski definition) is 9. The molecule has 8 nitrogen and oxygen atoms in total. The van der Waals surface area contributed by atoms with Crippen LogP contribution in [0.5, 0.6) is 5.75 Å². The van der Waals surface area contributed by atoms with Gasteiger partial charge >= 0.3 is 0 Å². The lowest BCUT2D eigenvalue weighted by Crippen LogP contribution is -2.40. The average Bonchev–Trinajstić information content (AvgIpc) is 2.70. The fraction of sp³-hybridized carbons (Fsp3) is 0.500. The monoisotopic (exact) mass is 459 g/mol. The van der Waals surface area contributed by atoms with E-state index >= 15 is 0 Å². The first-order valence-corrected chi connectivity index (χ1v) is 10.6. The SMILES string of the molecule is CCOCC(NC(=CNc1ccc(Cl)c(SN(C)OC)c1O)C(=O)C(C)=O)C(C)C. The molecule has 0 heterocycles. The largest absolute Gasteiger partial charge is 0.505 e. The van der Waals surface area contributed by atoms with Crippen molar-refractivity contribution in [1.82, 2.24) is 9.79 Å². The van der Waals surface area contributed by atoms with Gasteiger partial charge in [0.1, 0.15) is 5.70 Å². The number of nitrogens with one attached hydrogen (secondary N) is 2. The molecule has 1 atom stereocenters. The molecule has 1 aromatic rings. The fourth-order valence-electron chi connectivity index (χ4n) is 2.27. The summed E-state index contributed by atoms with van der Waals surface area (Å²) in [7, 11) is 3.15. The maximum Gasteiger partial charge on any atom is 0.245 e. The van der Waals surface area contributed by atoms with Crippen molar-refractivity contribution in [2.75, 3.05) is 32.7 Å². The molecule has 0 aliphatic carbocycles. The van der Waals surface area contributed by atoms with Gasteiger partial charge in [-0.2, -0.15) is 0 Å². The van der Waals surface area contributed by atoms with Crippen molar-refractivity contribution in [3.63, 3.8) is 0 Å². The van der Waals surface area contributed by atoms with Gasteiger partial charge in [-0.1, -0.05) is 25.4 Å². The van der Waals surface area contributed by atoms with Crippen LogP contribution in [0.1, 0.15) is 27.7 Å². The van der Waals surface area contributed by atoms with Gasteiger partial charge in [-0.3, -0.25) is 14.4 Å². The second-order valence-electron chi connectivity index (χ2n) is 6.73. The summed E-state index contributed by atoms with van der Waals surface area (Å²) in [5.41, 5.74) is 0.395. The third-order valence-electron chi connectivity index (χ3n) is 4.14. The Kier molecular flexibility index (Phi) is 11.2. The highest BCUT2D eigenvalue weighted by Crippen LogP contribution is 2.41. The lowest BCUT2D eigenvalue weighted by molar-refractivity contribution is -0.133. The van der Waals surface area contributed by atoms with E-state index in [2.05, 4.69) is 10.6 Å². The molecule has 0 amide bonds. The zero-order chi connectivity index (χ0) is 22.8. The van der Waals surface area contributed by atoms with Crippen LogP contribution in [-0.2, 0) is 19.2 Å². The van der Waals surface area contributed by atoms with Gasteiger partial charge < -0.3 is 20.5 Å². The zero-order valence-corrected chi connectivity index (χ0v) is 19.7. The third-order valence-corrected chi connectivity index (χ3v) is 5.57. The van der Waals surface area contributed by atoms with E-state index < -0.39 is 11.6 Å². The third kappa shape index (κ3) is 7.81. The first-order chi connectivity index (χ1) is 14.1. The number of rotatable bonds is 13. The minimum absolute atomic E-state index is 0.0819. The molecule has 0 aliphatic rings. The summed E-state index contributed by atoms with van der Waals surface area (Å²) in [5.74, 6) is -1.24. The number of carbonyl (C=O) groups excluding carboxylic acids is 2. The standard InChI is InChI=1S/C20H30ClN3O5S/c1-7-29-11-17(12(2)3)23-16(18(26)13(4)25)10-22-15-9-8-14(21)20(19(15)27)30-24(5)28-6/h8-10,12,17,22-23,27H,7,11H2,1-6H3. The number of hydroxylamine groups is 1. The number of anilines is 1. The Morgan fingerprint density at radius 2 is 2.03 bits per heavy atom. The van der Waals surface area contributed by atoms with E-state index in [0.29, 0.717) is 28.8 Å². The van der Waals surface area contributed by atoms with Crippen LogP contribution in [0.15, 0.2) is 28.9 Å². The second kappa shape index (κ2) is 12.8. The first kappa shape index (κ1) is 26.3. The van der Waals surface area contributed by atoms with Crippen LogP contribution >= 0.6 is 23.5 Å². The van der Waals surface area contributed by atoms with Crippen LogP contribution < -0.4 is 10.6 Å². The number of Topliss-reactive ketones (excluding diaryl/α,β-unsaturated/α-hetero) is 2. The molecule has 0 spiro atoms. The highest BCUT2D eigenvalue weighted by molar-refractivity contribution is 7.97. The Bertz CT molecular complexity index is 773. The summed E-state index contributed by atoms with van der Waals surface area (Å²) in [4.78, 5) is 29.5. The Morgan fingerprint density at radius 1 is 1.37 bits per heavy atom. The normalized spacial score (nSPS) is 12.9. The van der Waals surface area contributed by atoms with Gasteiger partial charge in [0.05, 0.1) is 35.4 Å². The van der Waals surface area contributed by atoms with E-state index in [4.69, 9.17) is 21.2 Å². The van der Waals surface area contributed by atoms with E-state index in [9.17, 15) is 14.7 Å². The van der Waals surface area contributed by atoms with Gasteiger partial charge in [0.25, 0.3) is 0 Å². The molecule has 0 radical (unpaired) electrons. The van der Waals surface area contributed by atoms with Crippen molar-refractivity contribution in [1.29, 1.82) is 0 Å². The summed E-state index contributed by atoms with van der Waals surface area (Å²) in [6, 6.07) is 3.00. The number of carbonyl (C=O) groups is 2. The number of nitrogens with zero attached hydrogens (tertiary/aromatic N) is 1. The number of halogens is 1. The van der Waals surface area contributed by atoms with Gasteiger partial charge in [0.15, 0.2) is 5.75 Å². The molecule has 1 aromatic carbocycles. The van der Waals surface area contributed by atoms with Crippen LogP contribution in [0.2, 0.25) is 5.02 Å². The topological polar surface area (TPSA) is 100 Å². The minimum atomic E-state index is -0.674. The highest BCUT2D eigenvalue weighted by Gasteiger charge is 2.21. The lowest BCUT2D eigenvalue weighted by Gasteiger charge is -2.24. The van der Waals surface area contributed by atoms with Crippen molar-refractivity contribution >= 4 is 40.8 Å². The molecule has 1 unspecified atom stereocenters. The number of ketones is 2. The Labute approximate surface area is 187 Å². The van der Waals surface area contributed by atoms with Gasteiger partial charge in [-0.15, -0.1) is 4.47 Å². The molecular formula is C20H30ClN3O5S. The van der Waals surface area contributed by atoms with E-state index in [1.165, 1.54) is 24.7 Å². The molecule has 0 saturated heterocycles. The molecule has 0 saturated carbocycles. The number of allylic oxidation sites excluding steroid dienone is 1. The minimum Gasteiger partial charge on any atom is -0.505 e. The number of phenolic OH excluding ortho intramolecular Hbond substituents is 1. The predicted molar refractivity (Wildman–Crippen MR) is 119 cm³/mol. The number of ether oxygens (including phenoxy) is 1. The molecule has 0 fully saturated rings. The Morgan fingerprint density at radius 3 is 2.57 bits per heavy atom. The Hall–Kier alpha value is -1.78. The molecule has 30 heavy (non-hydrogen) atoms. The predicted octanol–water partition coefficient (Wildman–Crippen LogP) is 3.61. The highest BCUT2D eigenvalue weighted by atomic mass is 35.5. The van der Waals surface area contributed by atoms with E-state index in [1.807, 2.05) is 20.8 Å². The average molecular weight is 460 g/mol. The fourth-order valence-corrected chi connectivity index (χ4v) is 3.21. The smallest absolute Gasteiger partial charge is 0.245 e. The molecular weight excluding hydrogens is 430 g/mol. The van der Waals surface area contributed by atoms with Crippen LogP contribution in [0.4, 0.5) is 5.69 Å². The van der Waals surface area contributed by atoms with E-state index in [0.717, 1.165) is 11.9 Å². The molecule has 3 N–H and O–H groups in total. The summed E-state index contributed by atoms with van der Waals surface area (Å²) in [5, 5.41) is 16.9. The van der Waals surface area contributed by atoms with Crippen LogP contribution in [0.3, 0.4) is 0 Å². The maximum atomic E-state index is 12.4. The Balaban J connectivity index is 3.18. The van der Waals surface area contributed by atoms with E-state index in [1.54, 1.807) is 19.2 Å². The summed E-state index contributed by atoms with van der Waals surface area (Å²) in [6.45, 7) is 7.99. The van der Waals surface area contributed by atoms with Crippen molar-refractivity contribution in [2.24, 2.45) is 5.92 Å². The number of phenols is 1. The summed E-state index contributed by atoms with van der Waals surface area (Å²) < 4.78 is 6.90. The first-order valence-electron chi connectivity index (χ1n) is 9.45. The quantitative estimate of drug-likeness (QED) is 0.134. The van der Waals surface area contributed by atoms with Crippen LogP contribution in [0.25, 0.3) is 0 Å². The molecule has 168 valence electrons. The van der Waals surface area contributed by atoms with Crippen molar-refractivity contribution < 1.29 is 24.3 Å². The number of aromatic hydroxyl groups is 1. The van der Waals surface area contributed by atoms with Crippen LogP contribution in [0, 0.1) is 5.92 Å². The summed E-state index contributed by atoms with van der Waals surface area (Å²) >= 11 is 7.27. The van der Waals surface area contributed by atoms with Crippen LogP contribution in [-0.4, -0.2) is 54.6 Å². The van der Waals surface area contributed by atoms with Gasteiger partial charge in [0, 0.05) is 26.8 Å².